The molecule has 0 saturated carbocycles. The van der Waals surface area contributed by atoms with Crippen LogP contribution in [0.5, 0.6) is 11.5 Å². The standard InChI is InChI=1S/C23H29N3O6S/c1-16(2)23(17-6-9-21-22(14-17)32-13-5-12-31-21)24-19-8-7-18(15-20(19)26(27)28)33(29,30)25-10-3-4-11-25/h6-9,14-16,23-24H,3-5,10-13H2,1-2H3/t23-/m0/s1. The van der Waals surface area contributed by atoms with Gasteiger partial charge in [-0.2, -0.15) is 4.31 Å². The third kappa shape index (κ3) is 4.91. The Labute approximate surface area is 193 Å². The van der Waals surface area contributed by atoms with Gasteiger partial charge >= 0.3 is 0 Å². The summed E-state index contributed by atoms with van der Waals surface area (Å²) in [4.78, 5) is 11.3. The van der Waals surface area contributed by atoms with Gasteiger partial charge in [-0.1, -0.05) is 19.9 Å². The molecule has 33 heavy (non-hydrogen) atoms. The second kappa shape index (κ2) is 9.56. The number of benzene rings is 2. The average Bonchev–Trinajstić information content (AvgIpc) is 3.24. The molecule has 2 aromatic carbocycles. The van der Waals surface area contributed by atoms with Crippen molar-refractivity contribution in [2.75, 3.05) is 31.6 Å². The summed E-state index contributed by atoms with van der Waals surface area (Å²) >= 11 is 0. The third-order valence-corrected chi connectivity index (χ3v) is 7.87. The predicted octanol–water partition coefficient (Wildman–Crippen LogP) is 4.35. The number of hydrogen-bond donors (Lipinski definition) is 1. The van der Waals surface area contributed by atoms with Gasteiger partial charge in [0.15, 0.2) is 11.5 Å². The lowest BCUT2D eigenvalue weighted by molar-refractivity contribution is -0.384. The molecule has 1 fully saturated rings. The number of hydrogen-bond acceptors (Lipinski definition) is 7. The molecular weight excluding hydrogens is 446 g/mol. The number of fused-ring (bicyclic) bond motifs is 1. The smallest absolute Gasteiger partial charge is 0.293 e. The quantitative estimate of drug-likeness (QED) is 0.468. The van der Waals surface area contributed by atoms with Crippen LogP contribution in [0.4, 0.5) is 11.4 Å². The zero-order valence-electron chi connectivity index (χ0n) is 18.8. The fourth-order valence-electron chi connectivity index (χ4n) is 4.20. The van der Waals surface area contributed by atoms with Crippen LogP contribution in [0.15, 0.2) is 41.3 Å². The summed E-state index contributed by atoms with van der Waals surface area (Å²) in [6.07, 6.45) is 2.40. The van der Waals surface area contributed by atoms with Gasteiger partial charge in [-0.15, -0.1) is 0 Å². The molecule has 0 radical (unpaired) electrons. The van der Waals surface area contributed by atoms with E-state index in [1.54, 1.807) is 0 Å². The van der Waals surface area contributed by atoms with Crippen LogP contribution in [0, 0.1) is 16.0 Å². The highest BCUT2D eigenvalue weighted by molar-refractivity contribution is 7.89. The van der Waals surface area contributed by atoms with E-state index in [0.717, 1.165) is 30.9 Å². The van der Waals surface area contributed by atoms with Crippen molar-refractivity contribution in [3.05, 3.63) is 52.1 Å². The molecule has 0 aliphatic carbocycles. The van der Waals surface area contributed by atoms with Crippen LogP contribution < -0.4 is 14.8 Å². The molecule has 4 rings (SSSR count). The van der Waals surface area contributed by atoms with Gasteiger partial charge in [0, 0.05) is 25.6 Å². The van der Waals surface area contributed by atoms with E-state index in [9.17, 15) is 18.5 Å². The molecule has 178 valence electrons. The minimum absolute atomic E-state index is 0.0571. The molecular formula is C23H29N3O6S. The first-order valence-electron chi connectivity index (χ1n) is 11.2. The van der Waals surface area contributed by atoms with Crippen molar-refractivity contribution in [3.8, 4) is 11.5 Å². The number of rotatable bonds is 7. The summed E-state index contributed by atoms with van der Waals surface area (Å²) in [5.74, 6) is 1.42. The molecule has 2 aromatic rings. The van der Waals surface area contributed by atoms with Gasteiger partial charge in [-0.25, -0.2) is 8.42 Å². The molecule has 1 saturated heterocycles. The SMILES string of the molecule is CC(C)[C@H](Nc1ccc(S(=O)(=O)N2CCCC2)cc1[N+](=O)[O-])c1ccc2c(c1)OCCCO2. The van der Waals surface area contributed by atoms with Crippen molar-refractivity contribution in [1.29, 1.82) is 0 Å². The minimum Gasteiger partial charge on any atom is -0.490 e. The summed E-state index contributed by atoms with van der Waals surface area (Å²) in [5.41, 5.74) is 0.902. The zero-order chi connectivity index (χ0) is 23.6. The molecule has 2 aliphatic rings. The molecule has 2 heterocycles. The van der Waals surface area contributed by atoms with Crippen molar-refractivity contribution in [2.45, 2.75) is 44.0 Å². The number of nitrogens with one attached hydrogen (secondary N) is 1. The summed E-state index contributed by atoms with van der Waals surface area (Å²) in [7, 11) is -3.75. The van der Waals surface area contributed by atoms with Gasteiger partial charge in [0.25, 0.3) is 5.69 Å². The summed E-state index contributed by atoms with van der Waals surface area (Å²) in [6.45, 7) is 6.06. The normalized spacial score (nSPS) is 17.5. The Morgan fingerprint density at radius 2 is 1.70 bits per heavy atom. The molecule has 9 nitrogen and oxygen atoms in total. The molecule has 0 spiro atoms. The number of sulfonamides is 1. The highest BCUT2D eigenvalue weighted by Crippen LogP contribution is 2.38. The number of nitro groups is 1. The maximum absolute atomic E-state index is 12.9. The van der Waals surface area contributed by atoms with E-state index < -0.39 is 14.9 Å². The van der Waals surface area contributed by atoms with E-state index >= 15 is 0 Å². The highest BCUT2D eigenvalue weighted by atomic mass is 32.2. The minimum atomic E-state index is -3.75. The zero-order valence-corrected chi connectivity index (χ0v) is 19.6. The first-order valence-corrected chi connectivity index (χ1v) is 12.7. The van der Waals surface area contributed by atoms with Crippen molar-refractivity contribution in [1.82, 2.24) is 4.31 Å². The molecule has 0 bridgehead atoms. The Morgan fingerprint density at radius 3 is 2.36 bits per heavy atom. The highest BCUT2D eigenvalue weighted by Gasteiger charge is 2.30. The van der Waals surface area contributed by atoms with Crippen molar-refractivity contribution in [3.63, 3.8) is 0 Å². The second-order valence-corrected chi connectivity index (χ2v) is 10.6. The van der Waals surface area contributed by atoms with Crippen molar-refractivity contribution < 1.29 is 22.8 Å². The molecule has 2 aliphatic heterocycles. The van der Waals surface area contributed by atoms with Gasteiger partial charge < -0.3 is 14.8 Å². The van der Waals surface area contributed by atoms with E-state index in [1.807, 2.05) is 32.0 Å². The molecule has 1 atom stereocenters. The van der Waals surface area contributed by atoms with E-state index in [1.165, 1.54) is 16.4 Å². The lowest BCUT2D eigenvalue weighted by Crippen LogP contribution is -2.28. The number of nitro benzene ring substituents is 1. The van der Waals surface area contributed by atoms with Crippen molar-refractivity contribution >= 4 is 21.4 Å². The maximum Gasteiger partial charge on any atom is 0.293 e. The Morgan fingerprint density at radius 1 is 1.00 bits per heavy atom. The van der Waals surface area contributed by atoms with E-state index in [0.29, 0.717) is 37.8 Å². The first-order chi connectivity index (χ1) is 15.8. The van der Waals surface area contributed by atoms with E-state index in [-0.39, 0.29) is 28.2 Å². The van der Waals surface area contributed by atoms with Crippen LogP contribution >= 0.6 is 0 Å². The average molecular weight is 476 g/mol. The van der Waals surface area contributed by atoms with Crippen LogP contribution in [0.25, 0.3) is 0 Å². The molecule has 10 heteroatoms. The van der Waals surface area contributed by atoms with Crippen LogP contribution in [0.3, 0.4) is 0 Å². The fraction of sp³-hybridized carbons (Fsp3) is 0.478. The molecule has 1 N–H and O–H groups in total. The Kier molecular flexibility index (Phi) is 6.76. The Balaban J connectivity index is 1.66. The van der Waals surface area contributed by atoms with Crippen molar-refractivity contribution in [2.24, 2.45) is 5.92 Å². The monoisotopic (exact) mass is 475 g/mol. The van der Waals surface area contributed by atoms with Crippen LogP contribution in [-0.4, -0.2) is 43.9 Å². The van der Waals surface area contributed by atoms with Gasteiger partial charge in [-0.3, -0.25) is 10.1 Å². The lowest BCUT2D eigenvalue weighted by Gasteiger charge is -2.25. The topological polar surface area (TPSA) is 111 Å². The van der Waals surface area contributed by atoms with Gasteiger partial charge in [0.1, 0.15) is 5.69 Å². The Bertz CT molecular complexity index is 1130. The maximum atomic E-state index is 12.9. The molecule has 0 unspecified atom stereocenters. The summed E-state index contributed by atoms with van der Waals surface area (Å²) in [5, 5.41) is 15.1. The van der Waals surface area contributed by atoms with Gasteiger partial charge in [0.2, 0.25) is 10.0 Å². The van der Waals surface area contributed by atoms with Crippen LogP contribution in [0.2, 0.25) is 0 Å². The number of anilines is 1. The first kappa shape index (κ1) is 23.3. The summed E-state index contributed by atoms with van der Waals surface area (Å²) in [6, 6.07) is 9.49. The molecule has 0 aromatic heterocycles. The third-order valence-electron chi connectivity index (χ3n) is 5.98. The number of ether oxygens (including phenoxy) is 2. The van der Waals surface area contributed by atoms with Crippen LogP contribution in [-0.2, 0) is 10.0 Å². The van der Waals surface area contributed by atoms with Crippen LogP contribution in [0.1, 0.15) is 44.7 Å². The Hall–Kier alpha value is -2.85. The molecule has 0 amide bonds. The van der Waals surface area contributed by atoms with Gasteiger partial charge in [-0.05, 0) is 48.6 Å². The van der Waals surface area contributed by atoms with E-state index in [4.69, 9.17) is 9.47 Å². The van der Waals surface area contributed by atoms with Gasteiger partial charge in [0.05, 0.1) is 29.1 Å². The lowest BCUT2D eigenvalue weighted by atomic mass is 9.95. The van der Waals surface area contributed by atoms with E-state index in [2.05, 4.69) is 5.32 Å². The largest absolute Gasteiger partial charge is 0.490 e. The fourth-order valence-corrected chi connectivity index (χ4v) is 5.74. The predicted molar refractivity (Wildman–Crippen MR) is 124 cm³/mol. The summed E-state index contributed by atoms with van der Waals surface area (Å²) < 4.78 is 38.7. The second-order valence-electron chi connectivity index (χ2n) is 8.67. The number of nitrogens with zero attached hydrogens (tertiary/aromatic N) is 2.